The number of hydrogen-bond donors (Lipinski definition) is 8. The van der Waals surface area contributed by atoms with Crippen molar-refractivity contribution < 1.29 is 24.0 Å². The molecule has 0 fully saturated rings. The van der Waals surface area contributed by atoms with E-state index in [0.29, 0.717) is 31.3 Å². The minimum absolute atomic E-state index is 0.0462. The standard InChI is InChI=1S/C26H39N11O5S/c27-19(38)11-10-17(36-20(39)9-3-4-12-32-25(28)29)23(42)34-14-21(40)35-16(7-5-13-33-26(30)31)22(41)24-37-15-6-1-2-8-18(15)43-24/h1-2,6,8,16-17H,3-5,7,9-14H2,(H2,27,38)(H,34,42)(H,35,40)(H,36,39)(H4,28,29,32)(H4,30,31,33). The van der Waals surface area contributed by atoms with Crippen LogP contribution < -0.4 is 44.6 Å². The number of rotatable bonds is 19. The average molecular weight is 618 g/mol. The van der Waals surface area contributed by atoms with Crippen LogP contribution in [-0.2, 0) is 19.2 Å². The first-order valence-electron chi connectivity index (χ1n) is 13.6. The summed E-state index contributed by atoms with van der Waals surface area (Å²) in [5.41, 5.74) is 27.1. The third-order valence-electron chi connectivity index (χ3n) is 5.96. The number of para-hydroxylation sites is 1. The number of guanidine groups is 2. The molecule has 16 nitrogen and oxygen atoms in total. The Kier molecular flexibility index (Phi) is 14.3. The number of nitrogens with two attached hydrogens (primary N) is 5. The van der Waals surface area contributed by atoms with Crippen molar-refractivity contribution in [2.45, 2.75) is 57.0 Å². The van der Waals surface area contributed by atoms with Crippen molar-refractivity contribution in [3.05, 3.63) is 29.3 Å². The number of primary amides is 1. The van der Waals surface area contributed by atoms with Crippen LogP contribution in [0, 0.1) is 0 Å². The van der Waals surface area contributed by atoms with E-state index in [4.69, 9.17) is 28.7 Å². The van der Waals surface area contributed by atoms with Crippen LogP contribution in [0.1, 0.15) is 54.7 Å². The maximum Gasteiger partial charge on any atom is 0.243 e. The highest BCUT2D eigenvalue weighted by molar-refractivity contribution is 7.20. The van der Waals surface area contributed by atoms with Crippen LogP contribution in [0.15, 0.2) is 34.3 Å². The van der Waals surface area contributed by atoms with Crippen molar-refractivity contribution in [3.63, 3.8) is 0 Å². The van der Waals surface area contributed by atoms with Gasteiger partial charge in [0.2, 0.25) is 29.4 Å². The van der Waals surface area contributed by atoms with Crippen LogP contribution >= 0.6 is 11.3 Å². The molecule has 2 rings (SSSR count). The normalized spacial score (nSPS) is 12.0. The lowest BCUT2D eigenvalue weighted by molar-refractivity contribution is -0.131. The number of aliphatic imine (C=N–C) groups is 2. The van der Waals surface area contributed by atoms with Crippen LogP contribution in [0.5, 0.6) is 0 Å². The second-order valence-electron chi connectivity index (χ2n) is 9.53. The molecule has 1 aromatic heterocycles. The number of nitrogens with zero attached hydrogens (tertiary/aromatic N) is 3. The monoisotopic (exact) mass is 617 g/mol. The molecule has 0 spiro atoms. The van der Waals surface area contributed by atoms with Crippen LogP contribution in [0.4, 0.5) is 0 Å². The topological polar surface area (TPSA) is 289 Å². The van der Waals surface area contributed by atoms with Crippen LogP contribution in [-0.4, -0.2) is 78.0 Å². The van der Waals surface area contributed by atoms with Crippen molar-refractivity contribution in [3.8, 4) is 0 Å². The number of amides is 4. The molecule has 0 bridgehead atoms. The quantitative estimate of drug-likeness (QED) is 0.0383. The van der Waals surface area contributed by atoms with Gasteiger partial charge in [0.25, 0.3) is 0 Å². The Morgan fingerprint density at radius 3 is 2.09 bits per heavy atom. The number of Topliss-reactive ketones (excluding diaryl/α,β-unsaturated/α-hetero) is 1. The predicted molar refractivity (Wildman–Crippen MR) is 164 cm³/mol. The minimum atomic E-state index is -1.11. The minimum Gasteiger partial charge on any atom is -0.370 e. The Labute approximate surface area is 252 Å². The van der Waals surface area contributed by atoms with Crippen molar-refractivity contribution in [1.29, 1.82) is 0 Å². The number of carbonyl (C=O) groups is 5. The Bertz CT molecular complexity index is 1300. The molecule has 0 aliphatic rings. The van der Waals surface area contributed by atoms with Crippen molar-refractivity contribution in [2.75, 3.05) is 19.6 Å². The Morgan fingerprint density at radius 2 is 1.44 bits per heavy atom. The molecule has 1 heterocycles. The maximum absolute atomic E-state index is 13.3. The highest BCUT2D eigenvalue weighted by Gasteiger charge is 2.26. The molecule has 43 heavy (non-hydrogen) atoms. The first-order valence-corrected chi connectivity index (χ1v) is 14.4. The summed E-state index contributed by atoms with van der Waals surface area (Å²) in [4.78, 5) is 74.8. The number of fused-ring (bicyclic) bond motifs is 1. The van der Waals surface area contributed by atoms with Crippen molar-refractivity contribution in [1.82, 2.24) is 20.9 Å². The second-order valence-corrected chi connectivity index (χ2v) is 10.6. The largest absolute Gasteiger partial charge is 0.370 e. The fraction of sp³-hybridized carbons (Fsp3) is 0.462. The molecule has 2 atom stereocenters. The zero-order valence-electron chi connectivity index (χ0n) is 23.7. The lowest BCUT2D eigenvalue weighted by Gasteiger charge is -2.19. The molecule has 0 saturated carbocycles. The lowest BCUT2D eigenvalue weighted by atomic mass is 10.1. The number of ketones is 1. The average Bonchev–Trinajstić information content (AvgIpc) is 3.39. The number of unbranched alkanes of at least 4 members (excludes halogenated alkanes) is 1. The molecule has 234 valence electrons. The summed E-state index contributed by atoms with van der Waals surface area (Å²) in [6, 6.07) is 5.20. The molecule has 2 unspecified atom stereocenters. The lowest BCUT2D eigenvalue weighted by Crippen LogP contribution is -2.51. The van der Waals surface area contributed by atoms with E-state index in [2.05, 4.69) is 30.9 Å². The highest BCUT2D eigenvalue weighted by atomic mass is 32.1. The molecule has 0 aliphatic carbocycles. The fourth-order valence-corrected chi connectivity index (χ4v) is 4.82. The Hall–Kier alpha value is -4.80. The van der Waals surface area contributed by atoms with Gasteiger partial charge in [-0.3, -0.25) is 34.0 Å². The van der Waals surface area contributed by atoms with Gasteiger partial charge >= 0.3 is 0 Å². The molecule has 17 heteroatoms. The van der Waals surface area contributed by atoms with Gasteiger partial charge in [-0.25, -0.2) is 4.98 Å². The summed E-state index contributed by atoms with van der Waals surface area (Å²) in [5.74, 6) is -2.95. The first kappa shape index (κ1) is 34.4. The first-order chi connectivity index (χ1) is 20.5. The van der Waals surface area contributed by atoms with Gasteiger partial charge in [0.1, 0.15) is 6.04 Å². The zero-order chi connectivity index (χ0) is 31.8. The summed E-state index contributed by atoms with van der Waals surface area (Å²) in [7, 11) is 0. The summed E-state index contributed by atoms with van der Waals surface area (Å²) in [6.45, 7) is 0.110. The molecular weight excluding hydrogens is 578 g/mol. The number of aromatic nitrogens is 1. The summed E-state index contributed by atoms with van der Waals surface area (Å²) in [6.07, 6.45) is 1.48. The van der Waals surface area contributed by atoms with E-state index in [-0.39, 0.29) is 49.2 Å². The maximum atomic E-state index is 13.3. The number of thiazole rings is 1. The van der Waals surface area contributed by atoms with Gasteiger partial charge in [0.05, 0.1) is 22.8 Å². The van der Waals surface area contributed by atoms with E-state index < -0.39 is 48.0 Å². The molecule has 4 amide bonds. The third-order valence-corrected chi connectivity index (χ3v) is 7.01. The summed E-state index contributed by atoms with van der Waals surface area (Å²) in [5, 5.41) is 7.88. The molecule has 0 radical (unpaired) electrons. The highest BCUT2D eigenvalue weighted by Crippen LogP contribution is 2.23. The number of benzene rings is 1. The summed E-state index contributed by atoms with van der Waals surface area (Å²) >= 11 is 1.21. The third kappa shape index (κ3) is 13.2. The molecular formula is C26H39N11O5S. The SMILES string of the molecule is NC(=O)CCC(NC(=O)CCCCN=C(N)N)C(=O)NCC(=O)NC(CCCN=C(N)N)C(=O)c1nc2ccccc2s1. The number of hydrogen-bond acceptors (Lipinski definition) is 9. The number of carbonyl (C=O) groups excluding carboxylic acids is 5. The van der Waals surface area contributed by atoms with E-state index in [9.17, 15) is 24.0 Å². The molecule has 0 aliphatic heterocycles. The van der Waals surface area contributed by atoms with Crippen LogP contribution in [0.3, 0.4) is 0 Å². The number of nitrogens with one attached hydrogen (secondary N) is 3. The van der Waals surface area contributed by atoms with Gasteiger partial charge in [0, 0.05) is 25.9 Å². The Morgan fingerprint density at radius 1 is 0.791 bits per heavy atom. The van der Waals surface area contributed by atoms with E-state index in [0.717, 1.165) is 4.70 Å². The van der Waals surface area contributed by atoms with E-state index in [1.165, 1.54) is 11.3 Å². The van der Waals surface area contributed by atoms with Gasteiger partial charge in [0.15, 0.2) is 16.9 Å². The van der Waals surface area contributed by atoms with E-state index in [1.807, 2.05) is 18.2 Å². The predicted octanol–water partition coefficient (Wildman–Crippen LogP) is -1.67. The Balaban J connectivity index is 2.00. The van der Waals surface area contributed by atoms with Crippen molar-refractivity contribution in [2.24, 2.45) is 38.7 Å². The van der Waals surface area contributed by atoms with E-state index in [1.54, 1.807) is 6.07 Å². The molecule has 1 aromatic carbocycles. The van der Waals surface area contributed by atoms with Crippen LogP contribution in [0.2, 0.25) is 0 Å². The van der Waals surface area contributed by atoms with Gasteiger partial charge in [-0.15, -0.1) is 11.3 Å². The van der Waals surface area contributed by atoms with Gasteiger partial charge in [-0.2, -0.15) is 0 Å². The molecule has 13 N–H and O–H groups in total. The zero-order valence-corrected chi connectivity index (χ0v) is 24.5. The smallest absolute Gasteiger partial charge is 0.243 e. The second kappa shape index (κ2) is 17.9. The van der Waals surface area contributed by atoms with Gasteiger partial charge in [-0.1, -0.05) is 12.1 Å². The van der Waals surface area contributed by atoms with E-state index >= 15 is 0 Å². The van der Waals surface area contributed by atoms with Gasteiger partial charge in [-0.05, 0) is 44.2 Å². The molecule has 0 saturated heterocycles. The van der Waals surface area contributed by atoms with Crippen molar-refractivity contribution >= 4 is 62.9 Å². The summed E-state index contributed by atoms with van der Waals surface area (Å²) < 4.78 is 0.821. The van der Waals surface area contributed by atoms with Gasteiger partial charge < -0.3 is 44.6 Å². The fourth-order valence-electron chi connectivity index (χ4n) is 3.86. The molecule has 2 aromatic rings. The van der Waals surface area contributed by atoms with Crippen LogP contribution in [0.25, 0.3) is 10.2 Å².